The van der Waals surface area contributed by atoms with E-state index >= 15 is 0 Å². The van der Waals surface area contributed by atoms with Crippen LogP contribution in [0.4, 0.5) is 0 Å². The maximum Gasteiger partial charge on any atom is 0.323 e. The molecule has 3 aromatic heterocycles. The van der Waals surface area contributed by atoms with Crippen LogP contribution in [0.1, 0.15) is 25.1 Å². The minimum Gasteiger partial charge on any atom is -0.497 e. The van der Waals surface area contributed by atoms with Crippen molar-refractivity contribution in [1.29, 1.82) is 0 Å². The van der Waals surface area contributed by atoms with Crippen LogP contribution in [0.25, 0.3) is 27.3 Å². The molecule has 27 heavy (non-hydrogen) atoms. The number of hydrogen-bond acceptors (Lipinski definition) is 3. The molecule has 4 aromatic rings. The minimum absolute atomic E-state index is 0.121. The van der Waals surface area contributed by atoms with Gasteiger partial charge in [0.15, 0.2) is 0 Å². The molecule has 1 aromatic carbocycles. The summed E-state index contributed by atoms with van der Waals surface area (Å²) in [4.78, 5) is 11.6. The molecule has 0 unspecified atom stereocenters. The van der Waals surface area contributed by atoms with Gasteiger partial charge in [-0.05, 0) is 30.5 Å². The van der Waals surface area contributed by atoms with Gasteiger partial charge >= 0.3 is 5.97 Å². The molecule has 0 aliphatic rings. The highest BCUT2D eigenvalue weighted by Crippen LogP contribution is 2.33. The predicted molar refractivity (Wildman–Crippen MR) is 103 cm³/mol. The highest BCUT2D eigenvalue weighted by Gasteiger charge is 2.22. The molecular weight excluding hydrogens is 342 g/mol. The molecule has 0 radical (unpaired) electrons. The van der Waals surface area contributed by atoms with E-state index < -0.39 is 5.97 Å². The second-order valence-corrected chi connectivity index (χ2v) is 6.59. The molecule has 1 N–H and O–H groups in total. The fraction of sp³-hybridized carbons (Fsp3) is 0.286. The quantitative estimate of drug-likeness (QED) is 0.553. The van der Waals surface area contributed by atoms with Gasteiger partial charge in [-0.2, -0.15) is 0 Å². The highest BCUT2D eigenvalue weighted by atomic mass is 16.5. The number of ether oxygens (including phenoxy) is 1. The van der Waals surface area contributed by atoms with E-state index in [4.69, 9.17) is 9.84 Å². The fourth-order valence-electron chi connectivity index (χ4n) is 3.83. The normalized spacial score (nSPS) is 11.5. The summed E-state index contributed by atoms with van der Waals surface area (Å²) in [6.07, 6.45) is 3.69. The van der Waals surface area contributed by atoms with Gasteiger partial charge in [0.05, 0.1) is 12.6 Å². The Bertz CT molecular complexity index is 1190. The Morgan fingerprint density at radius 1 is 1.19 bits per heavy atom. The van der Waals surface area contributed by atoms with Crippen LogP contribution in [0.3, 0.4) is 0 Å². The first-order chi connectivity index (χ1) is 13.1. The van der Waals surface area contributed by atoms with Gasteiger partial charge in [0.1, 0.15) is 23.5 Å². The second-order valence-electron chi connectivity index (χ2n) is 6.59. The van der Waals surface area contributed by atoms with E-state index in [1.807, 2.05) is 39.5 Å². The lowest BCUT2D eigenvalue weighted by Gasteiger charge is -2.06. The molecule has 0 spiro atoms. The molecule has 0 fully saturated rings. The monoisotopic (exact) mass is 364 g/mol. The van der Waals surface area contributed by atoms with Crippen molar-refractivity contribution in [3.8, 4) is 5.75 Å². The van der Waals surface area contributed by atoms with Gasteiger partial charge in [-0.25, -0.2) is 0 Å². The molecule has 0 aliphatic heterocycles. The van der Waals surface area contributed by atoms with Gasteiger partial charge in [-0.15, -0.1) is 0 Å². The Hall–Kier alpha value is -3.15. The van der Waals surface area contributed by atoms with Gasteiger partial charge in [0.2, 0.25) is 6.20 Å². The van der Waals surface area contributed by atoms with Crippen LogP contribution in [0.15, 0.2) is 36.5 Å². The molecule has 0 amide bonds. The summed E-state index contributed by atoms with van der Waals surface area (Å²) in [6, 6.07) is 9.93. The van der Waals surface area contributed by atoms with E-state index in [2.05, 4.69) is 19.9 Å². The van der Waals surface area contributed by atoms with Crippen LogP contribution in [-0.4, -0.2) is 27.9 Å². The molecule has 6 nitrogen and oxygen atoms in total. The van der Waals surface area contributed by atoms with Gasteiger partial charge in [-0.3, -0.25) is 4.79 Å². The van der Waals surface area contributed by atoms with Crippen molar-refractivity contribution in [2.45, 2.75) is 33.2 Å². The number of carboxylic acids is 1. The Kier molecular flexibility index (Phi) is 4.18. The number of nitrogens with zero attached hydrogens (tertiary/aromatic N) is 3. The molecule has 0 saturated heterocycles. The number of rotatable bonds is 5. The van der Waals surface area contributed by atoms with E-state index in [0.717, 1.165) is 45.9 Å². The van der Waals surface area contributed by atoms with Crippen LogP contribution in [0.2, 0.25) is 0 Å². The van der Waals surface area contributed by atoms with Crippen molar-refractivity contribution in [2.24, 2.45) is 0 Å². The fourth-order valence-corrected chi connectivity index (χ4v) is 3.83. The predicted octanol–water partition coefficient (Wildman–Crippen LogP) is 3.15. The lowest BCUT2D eigenvalue weighted by Crippen LogP contribution is -2.29. The van der Waals surface area contributed by atoms with Gasteiger partial charge in [0, 0.05) is 34.1 Å². The molecule has 3 heterocycles. The topological polar surface area (TPSA) is 68.5 Å². The third-order valence-electron chi connectivity index (χ3n) is 5.10. The van der Waals surface area contributed by atoms with E-state index in [1.165, 1.54) is 5.56 Å². The van der Waals surface area contributed by atoms with E-state index in [0.29, 0.717) is 5.75 Å². The molecule has 6 heteroatoms. The first-order valence-corrected chi connectivity index (χ1v) is 9.12. The SMILES string of the molecule is CCc1cc2c3c(cc[n+]2nc1CC)c1ccc(OC)cc1n3CC(=O)O. The summed E-state index contributed by atoms with van der Waals surface area (Å²) in [5.74, 6) is -0.179. The maximum absolute atomic E-state index is 11.6. The molecule has 138 valence electrons. The van der Waals surface area contributed by atoms with Crippen LogP contribution in [0, 0.1) is 0 Å². The zero-order chi connectivity index (χ0) is 19.1. The van der Waals surface area contributed by atoms with Gasteiger partial charge < -0.3 is 14.4 Å². The Labute approximate surface area is 156 Å². The summed E-state index contributed by atoms with van der Waals surface area (Å²) in [6.45, 7) is 4.09. The molecule has 4 rings (SSSR count). The maximum atomic E-state index is 11.6. The van der Waals surface area contributed by atoms with Crippen molar-refractivity contribution in [2.75, 3.05) is 7.11 Å². The largest absolute Gasteiger partial charge is 0.497 e. The summed E-state index contributed by atoms with van der Waals surface area (Å²) < 4.78 is 9.06. The second kappa shape index (κ2) is 6.54. The number of methoxy groups -OCH3 is 1. The van der Waals surface area contributed by atoms with E-state index in [-0.39, 0.29) is 6.54 Å². The summed E-state index contributed by atoms with van der Waals surface area (Å²) in [5, 5.41) is 16.3. The number of carboxylic acid groups (broad SMARTS) is 1. The van der Waals surface area contributed by atoms with Crippen LogP contribution in [-0.2, 0) is 24.2 Å². The Balaban J connectivity index is 2.19. The highest BCUT2D eigenvalue weighted by molar-refractivity contribution is 6.12. The minimum atomic E-state index is -0.882. The first kappa shape index (κ1) is 17.3. The average Bonchev–Trinajstić information content (AvgIpc) is 2.99. The number of hydrogen-bond donors (Lipinski definition) is 1. The van der Waals surface area contributed by atoms with Gasteiger partial charge in [0.25, 0.3) is 5.52 Å². The van der Waals surface area contributed by atoms with Crippen molar-refractivity contribution in [3.63, 3.8) is 0 Å². The van der Waals surface area contributed by atoms with Crippen molar-refractivity contribution >= 4 is 33.3 Å². The Morgan fingerprint density at radius 3 is 2.67 bits per heavy atom. The van der Waals surface area contributed by atoms with E-state index in [9.17, 15) is 9.90 Å². The third kappa shape index (κ3) is 2.68. The van der Waals surface area contributed by atoms with Gasteiger partial charge in [-0.1, -0.05) is 18.4 Å². The first-order valence-electron chi connectivity index (χ1n) is 9.12. The van der Waals surface area contributed by atoms with Crippen LogP contribution in [0.5, 0.6) is 5.75 Å². The average molecular weight is 364 g/mol. The molecule has 0 saturated carbocycles. The lowest BCUT2D eigenvalue weighted by molar-refractivity contribution is -0.580. The standard InChI is InChI=1S/C21H21N3O3/c1-4-13-10-19-21-16(8-9-24(19)22-17(13)5-2)15-7-6-14(27-3)11-18(15)23(21)12-20(25)26/h6-11H,4-5,12H2,1-3H3/p+1. The number of benzene rings is 1. The third-order valence-corrected chi connectivity index (χ3v) is 5.10. The van der Waals surface area contributed by atoms with Crippen LogP contribution >= 0.6 is 0 Å². The number of aromatic nitrogens is 3. The van der Waals surface area contributed by atoms with E-state index in [1.54, 1.807) is 7.11 Å². The summed E-state index contributed by atoms with van der Waals surface area (Å²) in [5.41, 5.74) is 4.90. The summed E-state index contributed by atoms with van der Waals surface area (Å²) >= 11 is 0. The summed E-state index contributed by atoms with van der Waals surface area (Å²) in [7, 11) is 1.61. The van der Waals surface area contributed by atoms with Crippen LogP contribution < -0.4 is 9.25 Å². The zero-order valence-corrected chi connectivity index (χ0v) is 15.7. The smallest absolute Gasteiger partial charge is 0.323 e. The number of pyridine rings is 1. The zero-order valence-electron chi connectivity index (χ0n) is 15.7. The van der Waals surface area contributed by atoms with Crippen molar-refractivity contribution < 1.29 is 19.2 Å². The van der Waals surface area contributed by atoms with Crippen molar-refractivity contribution in [3.05, 3.63) is 47.8 Å². The number of carbonyl (C=O) groups is 1. The van der Waals surface area contributed by atoms with Crippen molar-refractivity contribution in [1.82, 2.24) is 9.67 Å². The molecular formula is C21H22N3O3+. The lowest BCUT2D eigenvalue weighted by atomic mass is 10.1. The Morgan fingerprint density at radius 2 is 2.00 bits per heavy atom. The number of fused-ring (bicyclic) bond motifs is 5. The number of aryl methyl sites for hydroxylation is 2. The molecule has 0 atom stereocenters. The molecule has 0 aliphatic carbocycles. The molecule has 0 bridgehead atoms. The number of aliphatic carboxylic acids is 1.